The summed E-state index contributed by atoms with van der Waals surface area (Å²) in [4.78, 5) is 11.8. The minimum Gasteiger partial charge on any atom is -0.354 e. The number of aromatic nitrogens is 1. The lowest BCUT2D eigenvalue weighted by atomic mass is 10.2. The summed E-state index contributed by atoms with van der Waals surface area (Å²) in [5.41, 5.74) is 1.23. The molecule has 1 heterocycles. The van der Waals surface area contributed by atoms with Gasteiger partial charge >= 0.3 is 0 Å². The molecule has 0 aliphatic carbocycles. The first-order valence-corrected chi connectivity index (χ1v) is 7.19. The Kier molecular flexibility index (Phi) is 6.64. The Hall–Kier alpha value is -1.29. The highest BCUT2D eigenvalue weighted by Gasteiger charge is 2.12. The summed E-state index contributed by atoms with van der Waals surface area (Å²) in [6.45, 7) is 10.7. The molecule has 108 valence electrons. The summed E-state index contributed by atoms with van der Waals surface area (Å²) in [7, 11) is 0. The molecule has 4 heteroatoms. The van der Waals surface area contributed by atoms with Crippen LogP contribution in [0.3, 0.4) is 0 Å². The standard InChI is InChI=1S/C15H27N3O/c1-5-8-18-9-6-7-14(18)11-16-13(4)15(19)17-10-12(2)3/h6-7,9,12-13,16H,5,8,10-11H2,1-4H3,(H,17,19). The van der Waals surface area contributed by atoms with Gasteiger partial charge in [-0.05, 0) is 31.4 Å². The van der Waals surface area contributed by atoms with Gasteiger partial charge < -0.3 is 15.2 Å². The van der Waals surface area contributed by atoms with Crippen LogP contribution in [-0.2, 0) is 17.9 Å². The van der Waals surface area contributed by atoms with E-state index in [1.165, 1.54) is 5.69 Å². The third-order valence-electron chi connectivity index (χ3n) is 3.06. The van der Waals surface area contributed by atoms with Crippen molar-refractivity contribution in [2.45, 2.75) is 53.2 Å². The van der Waals surface area contributed by atoms with Crippen molar-refractivity contribution in [1.82, 2.24) is 15.2 Å². The Morgan fingerprint density at radius 2 is 2.11 bits per heavy atom. The van der Waals surface area contributed by atoms with Crippen molar-refractivity contribution in [2.75, 3.05) is 6.54 Å². The van der Waals surface area contributed by atoms with Crippen molar-refractivity contribution < 1.29 is 4.79 Å². The molecule has 0 fully saturated rings. The largest absolute Gasteiger partial charge is 0.354 e. The maximum Gasteiger partial charge on any atom is 0.236 e. The topological polar surface area (TPSA) is 46.1 Å². The smallest absolute Gasteiger partial charge is 0.236 e. The maximum absolute atomic E-state index is 11.8. The van der Waals surface area contributed by atoms with Crippen molar-refractivity contribution in [3.8, 4) is 0 Å². The number of hydrogen-bond donors (Lipinski definition) is 2. The predicted molar refractivity (Wildman–Crippen MR) is 78.9 cm³/mol. The average molecular weight is 265 g/mol. The minimum absolute atomic E-state index is 0.0716. The van der Waals surface area contributed by atoms with Gasteiger partial charge in [-0.15, -0.1) is 0 Å². The van der Waals surface area contributed by atoms with E-state index < -0.39 is 0 Å². The van der Waals surface area contributed by atoms with Crippen molar-refractivity contribution in [2.24, 2.45) is 5.92 Å². The Morgan fingerprint density at radius 1 is 1.37 bits per heavy atom. The lowest BCUT2D eigenvalue weighted by molar-refractivity contribution is -0.122. The zero-order valence-corrected chi connectivity index (χ0v) is 12.6. The van der Waals surface area contributed by atoms with E-state index in [0.29, 0.717) is 5.92 Å². The molecular weight excluding hydrogens is 238 g/mol. The number of nitrogens with one attached hydrogen (secondary N) is 2. The number of carbonyl (C=O) groups is 1. The van der Waals surface area contributed by atoms with Crippen LogP contribution in [0.25, 0.3) is 0 Å². The molecule has 0 saturated carbocycles. The molecule has 1 rings (SSSR count). The van der Waals surface area contributed by atoms with Crippen LogP contribution in [0.1, 0.15) is 39.8 Å². The van der Waals surface area contributed by atoms with Crippen molar-refractivity contribution >= 4 is 5.91 Å². The van der Waals surface area contributed by atoms with Crippen molar-refractivity contribution in [3.63, 3.8) is 0 Å². The van der Waals surface area contributed by atoms with E-state index >= 15 is 0 Å². The second-order valence-corrected chi connectivity index (χ2v) is 5.43. The fraction of sp³-hybridized carbons (Fsp3) is 0.667. The van der Waals surface area contributed by atoms with Gasteiger partial charge in [0.05, 0.1) is 6.04 Å². The van der Waals surface area contributed by atoms with Crippen LogP contribution < -0.4 is 10.6 Å². The SMILES string of the molecule is CCCn1cccc1CNC(C)C(=O)NCC(C)C. The van der Waals surface area contributed by atoms with Crippen LogP contribution in [0, 0.1) is 5.92 Å². The van der Waals surface area contributed by atoms with Crippen molar-refractivity contribution in [1.29, 1.82) is 0 Å². The number of aryl methyl sites for hydroxylation is 1. The van der Waals surface area contributed by atoms with Gasteiger partial charge in [-0.2, -0.15) is 0 Å². The third kappa shape index (κ3) is 5.47. The molecule has 1 atom stereocenters. The van der Waals surface area contributed by atoms with E-state index in [4.69, 9.17) is 0 Å². The van der Waals surface area contributed by atoms with Gasteiger partial charge in [-0.1, -0.05) is 20.8 Å². The van der Waals surface area contributed by atoms with Gasteiger partial charge in [0, 0.05) is 31.5 Å². The highest BCUT2D eigenvalue weighted by atomic mass is 16.2. The van der Waals surface area contributed by atoms with Crippen molar-refractivity contribution in [3.05, 3.63) is 24.0 Å². The lowest BCUT2D eigenvalue weighted by Gasteiger charge is -2.16. The molecule has 0 saturated heterocycles. The van der Waals surface area contributed by atoms with Gasteiger partial charge in [0.15, 0.2) is 0 Å². The number of hydrogen-bond acceptors (Lipinski definition) is 2. The Labute approximate surface area is 116 Å². The fourth-order valence-corrected chi connectivity index (χ4v) is 1.88. The number of carbonyl (C=O) groups excluding carboxylic acids is 1. The van der Waals surface area contributed by atoms with E-state index in [9.17, 15) is 4.79 Å². The summed E-state index contributed by atoms with van der Waals surface area (Å²) < 4.78 is 2.23. The van der Waals surface area contributed by atoms with E-state index in [1.54, 1.807) is 0 Å². The minimum atomic E-state index is -0.163. The van der Waals surface area contributed by atoms with E-state index in [1.807, 2.05) is 6.92 Å². The fourth-order valence-electron chi connectivity index (χ4n) is 1.88. The van der Waals surface area contributed by atoms with Gasteiger partial charge in [0.1, 0.15) is 0 Å². The molecule has 1 aromatic rings. The summed E-state index contributed by atoms with van der Waals surface area (Å²) in [6.07, 6.45) is 3.20. The molecule has 0 radical (unpaired) electrons. The van der Waals surface area contributed by atoms with E-state index in [0.717, 1.165) is 26.1 Å². The highest BCUT2D eigenvalue weighted by Crippen LogP contribution is 2.03. The normalized spacial score (nSPS) is 12.7. The molecule has 1 unspecified atom stereocenters. The lowest BCUT2D eigenvalue weighted by Crippen LogP contribution is -2.43. The first-order chi connectivity index (χ1) is 9.04. The molecule has 0 aliphatic heterocycles. The van der Waals surface area contributed by atoms with Crippen LogP contribution in [0.4, 0.5) is 0 Å². The van der Waals surface area contributed by atoms with Crippen LogP contribution >= 0.6 is 0 Å². The molecule has 0 aliphatic rings. The maximum atomic E-state index is 11.8. The van der Waals surface area contributed by atoms with E-state index in [-0.39, 0.29) is 11.9 Å². The number of amides is 1. The first-order valence-electron chi connectivity index (χ1n) is 7.19. The summed E-state index contributed by atoms with van der Waals surface area (Å²) in [6, 6.07) is 3.99. The molecule has 4 nitrogen and oxygen atoms in total. The highest BCUT2D eigenvalue weighted by molar-refractivity contribution is 5.81. The number of nitrogens with zero attached hydrogens (tertiary/aromatic N) is 1. The van der Waals surface area contributed by atoms with Gasteiger partial charge in [-0.3, -0.25) is 4.79 Å². The zero-order valence-electron chi connectivity index (χ0n) is 12.6. The monoisotopic (exact) mass is 265 g/mol. The van der Waals surface area contributed by atoms with Gasteiger partial charge in [0.2, 0.25) is 5.91 Å². The second kappa shape index (κ2) is 8.00. The van der Waals surface area contributed by atoms with Crippen LogP contribution in [0.5, 0.6) is 0 Å². The predicted octanol–water partition coefficient (Wildman–Crippen LogP) is 2.15. The number of rotatable bonds is 8. The first kappa shape index (κ1) is 15.8. The molecule has 0 aromatic carbocycles. The Balaban J connectivity index is 2.38. The summed E-state index contributed by atoms with van der Waals surface area (Å²) in [5.74, 6) is 0.556. The zero-order chi connectivity index (χ0) is 14.3. The molecule has 1 amide bonds. The van der Waals surface area contributed by atoms with Gasteiger partial charge in [-0.25, -0.2) is 0 Å². The second-order valence-electron chi connectivity index (χ2n) is 5.43. The summed E-state index contributed by atoms with van der Waals surface area (Å²) >= 11 is 0. The average Bonchev–Trinajstić information content (AvgIpc) is 2.81. The molecule has 0 bridgehead atoms. The van der Waals surface area contributed by atoms with Gasteiger partial charge in [0.25, 0.3) is 0 Å². The van der Waals surface area contributed by atoms with E-state index in [2.05, 4.69) is 54.3 Å². The van der Waals surface area contributed by atoms with Crippen LogP contribution in [-0.4, -0.2) is 23.1 Å². The molecular formula is C15H27N3O. The summed E-state index contributed by atoms with van der Waals surface area (Å²) in [5, 5.41) is 6.22. The molecule has 19 heavy (non-hydrogen) atoms. The van der Waals surface area contributed by atoms with Crippen LogP contribution in [0.2, 0.25) is 0 Å². The Morgan fingerprint density at radius 3 is 2.74 bits per heavy atom. The third-order valence-corrected chi connectivity index (χ3v) is 3.06. The molecule has 1 aromatic heterocycles. The Bertz CT molecular complexity index is 384. The molecule has 2 N–H and O–H groups in total. The molecule has 0 spiro atoms. The quantitative estimate of drug-likeness (QED) is 0.756. The van der Waals surface area contributed by atoms with Crippen LogP contribution in [0.15, 0.2) is 18.3 Å².